The third kappa shape index (κ3) is 5.71. The Morgan fingerprint density at radius 1 is 1.00 bits per heavy atom. The minimum Gasteiger partial charge on any atom is -0.330 e. The molecule has 0 bridgehead atoms. The zero-order chi connectivity index (χ0) is 16.8. The summed E-state index contributed by atoms with van der Waals surface area (Å²) in [6.07, 6.45) is 1.75. The molecule has 1 rings (SSSR count). The maximum Gasteiger partial charge on any atom is 0.240 e. The van der Waals surface area contributed by atoms with Crippen LogP contribution in [0, 0.1) is 17.8 Å². The van der Waals surface area contributed by atoms with Crippen molar-refractivity contribution in [1.29, 1.82) is 0 Å². The molecular weight excluding hydrogens is 296 g/mol. The van der Waals surface area contributed by atoms with Gasteiger partial charge >= 0.3 is 0 Å². The van der Waals surface area contributed by atoms with Crippen LogP contribution < -0.4 is 10.5 Å². The number of hydrogen-bond donors (Lipinski definition) is 2. The van der Waals surface area contributed by atoms with E-state index in [1.807, 2.05) is 19.9 Å². The van der Waals surface area contributed by atoms with E-state index in [0.29, 0.717) is 23.3 Å². The van der Waals surface area contributed by atoms with Crippen LogP contribution in [-0.2, 0) is 10.0 Å². The summed E-state index contributed by atoms with van der Waals surface area (Å²) in [5.74, 6) is 1.19. The fourth-order valence-corrected chi connectivity index (χ4v) is 3.95. The Morgan fingerprint density at radius 3 is 2.05 bits per heavy atom. The first kappa shape index (κ1) is 19.1. The van der Waals surface area contributed by atoms with Gasteiger partial charge in [-0.3, -0.25) is 0 Å². The second-order valence-corrected chi connectivity index (χ2v) is 8.32. The zero-order valence-corrected chi connectivity index (χ0v) is 14.9. The van der Waals surface area contributed by atoms with Crippen LogP contribution in [0.1, 0.15) is 40.5 Å². The Balaban J connectivity index is 2.76. The van der Waals surface area contributed by atoms with Crippen LogP contribution in [0.5, 0.6) is 0 Å². The van der Waals surface area contributed by atoms with E-state index in [2.05, 4.69) is 18.6 Å². The van der Waals surface area contributed by atoms with E-state index >= 15 is 0 Å². The molecule has 0 aromatic heterocycles. The Morgan fingerprint density at radius 2 is 1.59 bits per heavy atom. The molecule has 0 amide bonds. The lowest BCUT2D eigenvalue weighted by atomic mass is 9.88. The third-order valence-corrected chi connectivity index (χ3v) is 5.76. The fourth-order valence-electron chi connectivity index (χ4n) is 2.51. The van der Waals surface area contributed by atoms with E-state index in [-0.39, 0.29) is 12.0 Å². The lowest BCUT2D eigenvalue weighted by Gasteiger charge is -2.26. The van der Waals surface area contributed by atoms with Crippen LogP contribution in [-0.4, -0.2) is 21.0 Å². The van der Waals surface area contributed by atoms with Crippen LogP contribution in [0.2, 0.25) is 0 Å². The normalized spacial score (nSPS) is 15.2. The highest BCUT2D eigenvalue weighted by Gasteiger charge is 2.23. The highest BCUT2D eigenvalue weighted by molar-refractivity contribution is 7.89. The van der Waals surface area contributed by atoms with Crippen LogP contribution in [0.25, 0.3) is 0 Å². The van der Waals surface area contributed by atoms with Crippen molar-refractivity contribution in [2.45, 2.75) is 51.5 Å². The largest absolute Gasteiger partial charge is 0.330 e. The predicted octanol–water partition coefficient (Wildman–Crippen LogP) is 3.00. The summed E-state index contributed by atoms with van der Waals surface area (Å²) in [6.45, 7) is 9.07. The van der Waals surface area contributed by atoms with Crippen LogP contribution in [0.3, 0.4) is 0 Å². The molecule has 0 saturated carbocycles. The lowest BCUT2D eigenvalue weighted by molar-refractivity contribution is 0.319. The van der Waals surface area contributed by atoms with Crippen LogP contribution >= 0.6 is 0 Å². The lowest BCUT2D eigenvalue weighted by Crippen LogP contribution is -2.39. The maximum absolute atomic E-state index is 12.5. The van der Waals surface area contributed by atoms with Crippen molar-refractivity contribution in [3.05, 3.63) is 30.3 Å². The molecule has 2 atom stereocenters. The summed E-state index contributed by atoms with van der Waals surface area (Å²) in [5.41, 5.74) is 5.82. The average Bonchev–Trinajstić information content (AvgIpc) is 2.47. The number of nitrogens with one attached hydrogen (secondary N) is 1. The molecule has 0 spiro atoms. The Labute approximate surface area is 135 Å². The SMILES string of the molecule is CC(C)C(CN)CCC(NS(=O)(=O)c1ccccc1)C(C)C. The molecule has 0 saturated heterocycles. The fraction of sp³-hybridized carbons (Fsp3) is 0.647. The second-order valence-electron chi connectivity index (χ2n) is 6.60. The molecule has 1 aromatic rings. The summed E-state index contributed by atoms with van der Waals surface area (Å²) >= 11 is 0. The third-order valence-electron chi connectivity index (χ3n) is 4.26. The highest BCUT2D eigenvalue weighted by atomic mass is 32.2. The molecule has 0 aliphatic heterocycles. The summed E-state index contributed by atoms with van der Waals surface area (Å²) in [4.78, 5) is 0.319. The van der Waals surface area contributed by atoms with Gasteiger partial charge in [0.25, 0.3) is 0 Å². The first-order valence-corrected chi connectivity index (χ1v) is 9.53. The minimum absolute atomic E-state index is 0.0713. The van der Waals surface area contributed by atoms with Gasteiger partial charge in [0.15, 0.2) is 0 Å². The Bertz CT molecular complexity index is 527. The molecule has 0 aliphatic rings. The summed E-state index contributed by atoms with van der Waals surface area (Å²) in [7, 11) is -3.46. The quantitative estimate of drug-likeness (QED) is 0.733. The summed E-state index contributed by atoms with van der Waals surface area (Å²) in [6, 6.07) is 8.46. The molecule has 1 aromatic carbocycles. The molecule has 4 nitrogen and oxygen atoms in total. The monoisotopic (exact) mass is 326 g/mol. The minimum atomic E-state index is -3.46. The van der Waals surface area contributed by atoms with Gasteiger partial charge in [-0.15, -0.1) is 0 Å². The van der Waals surface area contributed by atoms with Gasteiger partial charge in [0.2, 0.25) is 10.0 Å². The second kappa shape index (κ2) is 8.65. The van der Waals surface area contributed by atoms with Gasteiger partial charge in [0.05, 0.1) is 4.90 Å². The van der Waals surface area contributed by atoms with Gasteiger partial charge in [0, 0.05) is 6.04 Å². The molecule has 126 valence electrons. The zero-order valence-electron chi connectivity index (χ0n) is 14.1. The van der Waals surface area contributed by atoms with Crippen molar-refractivity contribution in [3.63, 3.8) is 0 Å². The first-order valence-electron chi connectivity index (χ1n) is 8.05. The Hall–Kier alpha value is -0.910. The van der Waals surface area contributed by atoms with E-state index in [1.54, 1.807) is 24.3 Å². The molecule has 0 fully saturated rings. The maximum atomic E-state index is 12.5. The van der Waals surface area contributed by atoms with E-state index in [1.165, 1.54) is 0 Å². The van der Waals surface area contributed by atoms with Gasteiger partial charge in [0.1, 0.15) is 0 Å². The summed E-state index contributed by atoms with van der Waals surface area (Å²) < 4.78 is 27.8. The molecule has 0 radical (unpaired) electrons. The molecule has 22 heavy (non-hydrogen) atoms. The van der Waals surface area contributed by atoms with Crippen molar-refractivity contribution >= 4 is 10.0 Å². The molecule has 5 heteroatoms. The van der Waals surface area contributed by atoms with Gasteiger partial charge in [-0.05, 0) is 49.3 Å². The number of hydrogen-bond acceptors (Lipinski definition) is 3. The van der Waals surface area contributed by atoms with Gasteiger partial charge in [-0.2, -0.15) is 0 Å². The van der Waals surface area contributed by atoms with Crippen molar-refractivity contribution in [2.75, 3.05) is 6.54 Å². The summed E-state index contributed by atoms with van der Waals surface area (Å²) in [5, 5.41) is 0. The standard InChI is InChI=1S/C17H30N2O2S/c1-13(2)15(12-18)10-11-17(14(3)4)19-22(20,21)16-8-6-5-7-9-16/h5-9,13-15,17,19H,10-12,18H2,1-4H3. The number of rotatable bonds is 9. The smallest absolute Gasteiger partial charge is 0.240 e. The van der Waals surface area contributed by atoms with Gasteiger partial charge in [-0.25, -0.2) is 13.1 Å². The number of nitrogens with two attached hydrogens (primary N) is 1. The van der Waals surface area contributed by atoms with E-state index in [0.717, 1.165) is 12.8 Å². The predicted molar refractivity (Wildman–Crippen MR) is 92.0 cm³/mol. The average molecular weight is 327 g/mol. The molecular formula is C17H30N2O2S. The van der Waals surface area contributed by atoms with Crippen molar-refractivity contribution < 1.29 is 8.42 Å². The number of sulfonamides is 1. The van der Waals surface area contributed by atoms with E-state index in [4.69, 9.17) is 5.73 Å². The van der Waals surface area contributed by atoms with E-state index in [9.17, 15) is 8.42 Å². The van der Waals surface area contributed by atoms with E-state index < -0.39 is 10.0 Å². The molecule has 3 N–H and O–H groups in total. The molecule has 0 heterocycles. The van der Waals surface area contributed by atoms with Crippen LogP contribution in [0.15, 0.2) is 35.2 Å². The topological polar surface area (TPSA) is 72.2 Å². The van der Waals surface area contributed by atoms with Gasteiger partial charge < -0.3 is 5.73 Å². The number of benzene rings is 1. The highest BCUT2D eigenvalue weighted by Crippen LogP contribution is 2.21. The van der Waals surface area contributed by atoms with Crippen molar-refractivity contribution in [3.8, 4) is 0 Å². The van der Waals surface area contributed by atoms with Crippen molar-refractivity contribution in [2.24, 2.45) is 23.5 Å². The molecule has 0 aliphatic carbocycles. The van der Waals surface area contributed by atoms with Gasteiger partial charge in [-0.1, -0.05) is 45.9 Å². The molecule has 2 unspecified atom stereocenters. The first-order chi connectivity index (χ1) is 10.3. The Kier molecular flexibility index (Phi) is 7.53. The van der Waals surface area contributed by atoms with Crippen molar-refractivity contribution in [1.82, 2.24) is 4.72 Å². The van der Waals surface area contributed by atoms with Crippen LogP contribution in [0.4, 0.5) is 0 Å².